The van der Waals surface area contributed by atoms with Crippen LogP contribution in [0.5, 0.6) is 0 Å². The first-order valence-corrected chi connectivity index (χ1v) is 1.93. The summed E-state index contributed by atoms with van der Waals surface area (Å²) in [5.74, 6) is -0.833. The van der Waals surface area contributed by atoms with E-state index in [1.54, 1.807) is 0 Å². The Bertz CT molecular complexity index is 151. The van der Waals surface area contributed by atoms with Gasteiger partial charge in [-0.05, 0) is 0 Å². The third-order valence-electron chi connectivity index (χ3n) is 0. The molecule has 0 aromatic heterocycles. The third kappa shape index (κ3) is 1180. The normalized spacial score (nSPS) is 0.287. The predicted molar refractivity (Wildman–Crippen MR) is 24.7 cm³/mol. The minimum absolute atomic E-state index is 0. The van der Waals surface area contributed by atoms with Crippen molar-refractivity contribution in [3.05, 3.63) is 0 Å². The van der Waals surface area contributed by atoms with Gasteiger partial charge in [-0.1, -0.05) is 13.8 Å². The van der Waals surface area contributed by atoms with E-state index in [1.807, 2.05) is 13.8 Å². The van der Waals surface area contributed by atoms with Crippen molar-refractivity contribution in [3.8, 4) is 0 Å². The first kappa shape index (κ1) is 1080. The molecule has 0 unspecified atom stereocenters. The second kappa shape index (κ2) is 1090. The van der Waals surface area contributed by atoms with Crippen molar-refractivity contribution in [1.29, 1.82) is 0 Å². The molecule has 710 valence electrons. The monoisotopic (exact) mass is 15000 g/mol. The summed E-state index contributed by atoms with van der Waals surface area (Å²) >= 11 is 0. The Morgan fingerprint density at radius 3 is 0.102 bits per heavy atom. The van der Waals surface area contributed by atoms with Crippen molar-refractivity contribution in [2.24, 2.45) is 0 Å². The number of rotatable bonds is 0. The van der Waals surface area contributed by atoms with Crippen LogP contribution in [0.15, 0.2) is 0 Å². The molecule has 0 aliphatic carbocycles. The van der Waals surface area contributed by atoms with Crippen LogP contribution in [0.2, 0.25) is 0 Å². The summed E-state index contributed by atoms with van der Waals surface area (Å²) in [7, 11) is 0. The third-order valence-corrected chi connectivity index (χ3v) is 0. The van der Waals surface area contributed by atoms with Gasteiger partial charge in [-0.15, -0.1) is 0 Å². The summed E-state index contributed by atoms with van der Waals surface area (Å²) in [6.45, 7) is 5.08. The van der Waals surface area contributed by atoms with Gasteiger partial charge < -0.3 is 5.11 Å². The Kier molecular flexibility index (Phi) is 10900. The van der Waals surface area contributed by atoms with Crippen LogP contribution in [-0.2, 0) is 2030 Å². The van der Waals surface area contributed by atoms with Crippen LogP contribution in [-0.4, -0.2) is 11.1 Å². The van der Waals surface area contributed by atoms with Gasteiger partial charge in [-0.3, -0.25) is 4.79 Å². The van der Waals surface area contributed by atoms with Crippen molar-refractivity contribution in [2.45, 2.75) is 20.8 Å². The van der Waals surface area contributed by atoms with E-state index >= 15 is 0 Å². The maximum atomic E-state index is 9.00. The van der Waals surface area contributed by atoms with E-state index in [9.17, 15) is 0 Å². The van der Waals surface area contributed by atoms with Crippen LogP contribution in [0.1, 0.15) is 20.8 Å². The standard InChI is InChI=1S/C2H4O2.C2H6.30Fe.72W/c1-2(3)4;1-2;;;;;;;;;;;;;;;;;;;;;;;;;;;;;;;;;;;;;;;;;;;;;;;;;;;;;;;;;;;;;;;;;;;;;;;;;;;;;;;;;;;;;;;;;;;;;;;;;;;;;;/h1H3,(H,3,4);1-2H3;;;;;;;;;;;;;;;;;;;;;;;;;;;;;;;;;;;;;;;;;;;;;;;;;;;;;;;;;;;;;;;;;;;;;;;;;;;;;;;;;;;;;;;;;;;;;;;;;;;;;;. The Labute approximate surface area is 2000 Å². The smallest absolute Gasteiger partial charge is 0.300 e. The van der Waals surface area contributed by atoms with Gasteiger partial charge in [0.1, 0.15) is 0 Å². The molecule has 0 aliphatic heterocycles. The second-order valence-corrected chi connectivity index (χ2v) is 0.519. The molecule has 0 aromatic rings. The maximum absolute atomic E-state index is 9.00. The van der Waals surface area contributed by atoms with Gasteiger partial charge in [0.05, 0.1) is 0 Å². The molecular formula is C4H10Fe30O2W72. The van der Waals surface area contributed by atoms with Gasteiger partial charge in [0.25, 0.3) is 5.97 Å². The molecule has 0 rings (SSSR count). The minimum Gasteiger partial charge on any atom is -0.481 e. The quantitative estimate of drug-likeness (QED) is 0.367. The van der Waals surface area contributed by atoms with Crippen LogP contribution >= 0.6 is 0 Å². The molecule has 0 spiro atoms. The first-order valence-electron chi connectivity index (χ1n) is 1.93. The topological polar surface area (TPSA) is 37.3 Å². The SMILES string of the molecule is CC.CC(=O)O.[Fe].[Fe].[Fe].[Fe].[Fe].[Fe].[Fe].[Fe].[Fe].[Fe].[Fe].[Fe].[Fe].[Fe].[Fe].[Fe].[Fe].[Fe].[Fe].[Fe].[Fe].[Fe].[Fe].[Fe].[Fe].[Fe].[Fe].[Fe].[Fe].[Fe].[W].[W].[W].[W].[W].[W].[W].[W].[W].[W].[W].[W].[W].[W].[W].[W].[W].[W].[W].[W].[W].[W].[W].[W].[W].[W].[W].[W].[W].[W].[W].[W].[W].[W].[W].[W].[W].[W].[W].[W].[W].[W].[W].[W].[W].[W].[W].[W].[W].[W].[W].[W].[W].[W].[W].[W].[W].[W].[W].[W].[W].[W].[W].[W].[W].[W].[W].[W].[W].[W].[W].[W]. The molecular weight excluding hydrogens is 15000 g/mol. The number of hydrogen-bond acceptors (Lipinski definition) is 1. The average molecular weight is 15000 g/mol. The number of carboxylic acid groups (broad SMARTS) is 1. The molecule has 0 atom stereocenters. The van der Waals surface area contributed by atoms with Gasteiger partial charge in [0, 0.05) is 2040 Å². The largest absolute Gasteiger partial charge is 0.481 e. The van der Waals surface area contributed by atoms with Gasteiger partial charge >= 0.3 is 0 Å². The van der Waals surface area contributed by atoms with Crippen LogP contribution in [0, 0.1) is 0 Å². The predicted octanol–water partition coefficient (Wildman–Crippen LogP) is 0.862. The molecule has 0 saturated heterocycles. The fourth-order valence-electron chi connectivity index (χ4n) is 0. The van der Waals surface area contributed by atoms with Crippen molar-refractivity contribution in [2.75, 3.05) is 0 Å². The maximum Gasteiger partial charge on any atom is 0.300 e. The second-order valence-electron chi connectivity index (χ2n) is 0.519. The molecule has 0 heterocycles. The summed E-state index contributed by atoms with van der Waals surface area (Å²) in [6, 6.07) is 0. The summed E-state index contributed by atoms with van der Waals surface area (Å²) in [6.07, 6.45) is 0. The Hall–Kier alpha value is 64.6. The van der Waals surface area contributed by atoms with E-state index in [1.165, 1.54) is 0 Å². The van der Waals surface area contributed by atoms with Crippen molar-refractivity contribution in [1.82, 2.24) is 0 Å². The Morgan fingerprint density at radius 1 is 0.102 bits per heavy atom. The molecule has 0 amide bonds. The summed E-state index contributed by atoms with van der Waals surface area (Å²) in [5.41, 5.74) is 0. The van der Waals surface area contributed by atoms with Crippen molar-refractivity contribution >= 4 is 5.97 Å². The fourth-order valence-corrected chi connectivity index (χ4v) is 0. The average Bonchev–Trinajstić information content (AvgIpc) is 1.41. The molecule has 0 radical (unpaired) electrons. The summed E-state index contributed by atoms with van der Waals surface area (Å²) < 4.78 is 0. The zero-order valence-corrected chi connectivity index (χ0v) is 289. The van der Waals surface area contributed by atoms with E-state index in [0.29, 0.717) is 0 Å². The number of carboxylic acids is 1. The fraction of sp³-hybridized carbons (Fsp3) is 0.750. The van der Waals surface area contributed by atoms with Crippen LogP contribution in [0.25, 0.3) is 0 Å². The number of carbonyl (C=O) groups is 1. The Balaban J connectivity index is -0.0000000000150. The molecule has 0 bridgehead atoms. The zero-order valence-electron chi connectivity index (χ0n) is 44.4. The van der Waals surface area contributed by atoms with Gasteiger partial charge in [-0.25, -0.2) is 0 Å². The molecule has 1 N–H and O–H groups in total. The zero-order chi connectivity index (χ0) is 5.58. The van der Waals surface area contributed by atoms with Gasteiger partial charge in [-0.2, -0.15) is 0 Å². The van der Waals surface area contributed by atoms with E-state index in [-0.39, 0.29) is 2030 Å². The first-order chi connectivity index (χ1) is 2.73. The van der Waals surface area contributed by atoms with E-state index < -0.39 is 5.97 Å². The number of hydrogen-bond donors (Lipinski definition) is 1. The van der Waals surface area contributed by atoms with Crippen molar-refractivity contribution in [3.63, 3.8) is 0 Å². The van der Waals surface area contributed by atoms with E-state index in [4.69, 9.17) is 9.90 Å². The molecule has 0 aliphatic rings. The summed E-state index contributed by atoms with van der Waals surface area (Å²) in [5, 5.41) is 7.42. The van der Waals surface area contributed by atoms with E-state index in [2.05, 4.69) is 0 Å². The van der Waals surface area contributed by atoms with Gasteiger partial charge in [0.2, 0.25) is 0 Å². The molecule has 104 heteroatoms. The Morgan fingerprint density at radius 2 is 0.102 bits per heavy atom. The molecule has 2 nitrogen and oxygen atoms in total. The van der Waals surface area contributed by atoms with Gasteiger partial charge in [0.15, 0.2) is 0 Å². The molecule has 108 heavy (non-hydrogen) atoms. The summed E-state index contributed by atoms with van der Waals surface area (Å²) in [4.78, 5) is 9.00. The minimum atomic E-state index is -0.833. The molecule has 0 fully saturated rings. The molecule has 0 aromatic carbocycles. The van der Waals surface area contributed by atoms with Crippen LogP contribution in [0.4, 0.5) is 0 Å². The van der Waals surface area contributed by atoms with Crippen molar-refractivity contribution < 1.29 is 2040 Å². The van der Waals surface area contributed by atoms with Crippen LogP contribution in [0.3, 0.4) is 0 Å². The van der Waals surface area contributed by atoms with Crippen LogP contribution < -0.4 is 0 Å². The number of aliphatic carboxylic acids is 1. The molecule has 0 saturated carbocycles. The van der Waals surface area contributed by atoms with E-state index in [0.717, 1.165) is 6.92 Å².